The van der Waals surface area contributed by atoms with E-state index in [2.05, 4.69) is 40.8 Å². The smallest absolute Gasteiger partial charge is 0.313 e. The van der Waals surface area contributed by atoms with Crippen LogP contribution in [0.1, 0.15) is 20.8 Å². The van der Waals surface area contributed by atoms with Crippen LogP contribution >= 0.6 is 23.1 Å². The summed E-state index contributed by atoms with van der Waals surface area (Å²) >= 11 is 2.70. The zero-order valence-corrected chi connectivity index (χ0v) is 13.6. The van der Waals surface area contributed by atoms with Gasteiger partial charge in [0.15, 0.2) is 4.34 Å². The fraction of sp³-hybridized carbons (Fsp3) is 0.750. The molecule has 1 fully saturated rings. The molecule has 0 amide bonds. The van der Waals surface area contributed by atoms with Gasteiger partial charge in [-0.25, -0.2) is 0 Å². The number of carbonyl (C=O) groups is 1. The molecule has 6 nitrogen and oxygen atoms in total. The Morgan fingerprint density at radius 2 is 1.95 bits per heavy atom. The molecule has 0 atom stereocenters. The first-order valence-corrected chi connectivity index (χ1v) is 8.34. The quantitative estimate of drug-likeness (QED) is 0.847. The maximum atomic E-state index is 10.5. The number of piperazine rings is 1. The largest absolute Gasteiger partial charge is 0.481 e. The first-order chi connectivity index (χ1) is 9.36. The number of rotatable bonds is 4. The minimum atomic E-state index is -0.828. The Balaban J connectivity index is 1.89. The molecule has 0 spiro atoms. The van der Waals surface area contributed by atoms with E-state index in [-0.39, 0.29) is 11.3 Å². The lowest BCUT2D eigenvalue weighted by Gasteiger charge is -2.42. The van der Waals surface area contributed by atoms with Crippen LogP contribution < -0.4 is 4.90 Å². The molecular formula is C12H20N4O2S2. The molecular weight excluding hydrogens is 296 g/mol. The minimum absolute atomic E-state index is 0.0342. The van der Waals surface area contributed by atoms with Gasteiger partial charge in [-0.05, 0) is 20.8 Å². The second-order valence-electron chi connectivity index (χ2n) is 5.68. The molecule has 0 bridgehead atoms. The van der Waals surface area contributed by atoms with Crippen LogP contribution in [0.25, 0.3) is 0 Å². The van der Waals surface area contributed by atoms with Gasteiger partial charge in [0.05, 0.1) is 5.75 Å². The summed E-state index contributed by atoms with van der Waals surface area (Å²) in [6.45, 7) is 10.6. The third kappa shape index (κ3) is 4.07. The van der Waals surface area contributed by atoms with E-state index in [4.69, 9.17) is 5.11 Å². The highest BCUT2D eigenvalue weighted by atomic mass is 32.2. The van der Waals surface area contributed by atoms with Gasteiger partial charge in [-0.15, -0.1) is 10.2 Å². The van der Waals surface area contributed by atoms with Gasteiger partial charge < -0.3 is 10.0 Å². The summed E-state index contributed by atoms with van der Waals surface area (Å²) < 4.78 is 0.723. The van der Waals surface area contributed by atoms with E-state index in [1.165, 1.54) is 23.1 Å². The molecule has 0 unspecified atom stereocenters. The Bertz CT molecular complexity index is 464. The number of carboxylic acid groups (broad SMARTS) is 1. The van der Waals surface area contributed by atoms with Crippen molar-refractivity contribution in [2.75, 3.05) is 36.8 Å². The van der Waals surface area contributed by atoms with Gasteiger partial charge >= 0.3 is 5.97 Å². The predicted molar refractivity (Wildman–Crippen MR) is 81.8 cm³/mol. The van der Waals surface area contributed by atoms with Crippen LogP contribution in [0.2, 0.25) is 0 Å². The molecule has 1 aliphatic heterocycles. The van der Waals surface area contributed by atoms with E-state index in [0.29, 0.717) is 0 Å². The Morgan fingerprint density at radius 3 is 2.50 bits per heavy atom. The van der Waals surface area contributed by atoms with Crippen molar-refractivity contribution < 1.29 is 9.90 Å². The highest BCUT2D eigenvalue weighted by molar-refractivity contribution is 8.01. The second kappa shape index (κ2) is 6.28. The predicted octanol–water partition coefficient (Wildman–Crippen LogP) is 1.64. The standard InChI is InChI=1S/C12H20N4O2S2/c1-12(2,3)16-6-4-15(5-7-16)10-13-14-11(20-10)19-8-9(17)18/h4-8H2,1-3H3,(H,17,18). The zero-order chi connectivity index (χ0) is 14.8. The molecule has 2 heterocycles. The van der Waals surface area contributed by atoms with Crippen molar-refractivity contribution in [1.29, 1.82) is 0 Å². The highest BCUT2D eigenvalue weighted by Gasteiger charge is 2.27. The second-order valence-corrected chi connectivity index (χ2v) is 7.86. The molecule has 0 aliphatic carbocycles. The van der Waals surface area contributed by atoms with E-state index >= 15 is 0 Å². The molecule has 8 heteroatoms. The summed E-state index contributed by atoms with van der Waals surface area (Å²) in [4.78, 5) is 15.2. The summed E-state index contributed by atoms with van der Waals surface area (Å²) in [7, 11) is 0. The molecule has 1 aromatic rings. The Hall–Kier alpha value is -0.860. The van der Waals surface area contributed by atoms with Gasteiger partial charge in [0, 0.05) is 31.7 Å². The molecule has 1 N–H and O–H groups in total. The van der Waals surface area contributed by atoms with E-state index in [0.717, 1.165) is 35.7 Å². The normalized spacial score (nSPS) is 17.4. The monoisotopic (exact) mass is 316 g/mol. The van der Waals surface area contributed by atoms with Crippen LogP contribution in [0.5, 0.6) is 0 Å². The van der Waals surface area contributed by atoms with Crippen molar-refractivity contribution in [3.8, 4) is 0 Å². The van der Waals surface area contributed by atoms with Crippen LogP contribution in [0.4, 0.5) is 5.13 Å². The SMILES string of the molecule is CC(C)(C)N1CCN(c2nnc(SCC(=O)O)s2)CC1. The molecule has 0 aromatic carbocycles. The van der Waals surface area contributed by atoms with Crippen molar-refractivity contribution in [1.82, 2.24) is 15.1 Å². The van der Waals surface area contributed by atoms with Crippen molar-refractivity contribution in [3.05, 3.63) is 0 Å². The van der Waals surface area contributed by atoms with E-state index in [1.807, 2.05) is 0 Å². The fourth-order valence-corrected chi connectivity index (χ4v) is 3.69. The van der Waals surface area contributed by atoms with E-state index in [9.17, 15) is 4.79 Å². The van der Waals surface area contributed by atoms with Gasteiger partial charge in [-0.2, -0.15) is 0 Å². The molecule has 2 rings (SSSR count). The van der Waals surface area contributed by atoms with E-state index < -0.39 is 5.97 Å². The average Bonchev–Trinajstić information content (AvgIpc) is 2.84. The number of hydrogen-bond donors (Lipinski definition) is 1. The van der Waals surface area contributed by atoms with Gasteiger partial charge in [0.2, 0.25) is 5.13 Å². The summed E-state index contributed by atoms with van der Waals surface area (Å²) in [5, 5.41) is 17.8. The van der Waals surface area contributed by atoms with Gasteiger partial charge in [-0.1, -0.05) is 23.1 Å². The zero-order valence-electron chi connectivity index (χ0n) is 12.0. The lowest BCUT2D eigenvalue weighted by Crippen LogP contribution is -2.53. The summed E-state index contributed by atoms with van der Waals surface area (Å²) in [5.74, 6) is -0.794. The highest BCUT2D eigenvalue weighted by Crippen LogP contribution is 2.29. The minimum Gasteiger partial charge on any atom is -0.481 e. The number of nitrogens with zero attached hydrogens (tertiary/aromatic N) is 4. The van der Waals surface area contributed by atoms with Gasteiger partial charge in [-0.3, -0.25) is 9.69 Å². The number of aliphatic carboxylic acids is 1. The average molecular weight is 316 g/mol. The van der Waals surface area contributed by atoms with Crippen LogP contribution in [0, 0.1) is 0 Å². The van der Waals surface area contributed by atoms with Crippen LogP contribution in [-0.2, 0) is 4.79 Å². The lowest BCUT2D eigenvalue weighted by molar-refractivity contribution is -0.133. The Morgan fingerprint density at radius 1 is 1.30 bits per heavy atom. The summed E-state index contributed by atoms with van der Waals surface area (Å²) in [6, 6.07) is 0. The van der Waals surface area contributed by atoms with Gasteiger partial charge in [0.1, 0.15) is 0 Å². The van der Waals surface area contributed by atoms with Crippen molar-refractivity contribution in [3.63, 3.8) is 0 Å². The molecule has 1 aromatic heterocycles. The summed E-state index contributed by atoms with van der Waals surface area (Å²) in [6.07, 6.45) is 0. The maximum Gasteiger partial charge on any atom is 0.313 e. The number of carboxylic acids is 1. The molecule has 112 valence electrons. The van der Waals surface area contributed by atoms with Crippen LogP contribution in [-0.4, -0.2) is 63.6 Å². The number of anilines is 1. The molecule has 0 saturated carbocycles. The van der Waals surface area contributed by atoms with Gasteiger partial charge in [0.25, 0.3) is 0 Å². The van der Waals surface area contributed by atoms with Crippen LogP contribution in [0.3, 0.4) is 0 Å². The van der Waals surface area contributed by atoms with E-state index in [1.54, 1.807) is 0 Å². The van der Waals surface area contributed by atoms with Crippen molar-refractivity contribution in [2.24, 2.45) is 0 Å². The van der Waals surface area contributed by atoms with Crippen molar-refractivity contribution >= 4 is 34.2 Å². The summed E-state index contributed by atoms with van der Waals surface area (Å²) in [5.41, 5.74) is 0.204. The van der Waals surface area contributed by atoms with Crippen LogP contribution in [0.15, 0.2) is 4.34 Å². The maximum absolute atomic E-state index is 10.5. The number of aromatic nitrogens is 2. The fourth-order valence-electron chi connectivity index (χ4n) is 2.08. The topological polar surface area (TPSA) is 69.6 Å². The van der Waals surface area contributed by atoms with Crippen molar-refractivity contribution in [2.45, 2.75) is 30.6 Å². The lowest BCUT2D eigenvalue weighted by atomic mass is 10.1. The first kappa shape index (κ1) is 15.5. The molecule has 1 saturated heterocycles. The molecule has 1 aliphatic rings. The number of thioether (sulfide) groups is 1. The number of hydrogen-bond acceptors (Lipinski definition) is 7. The Kier molecular flexibility index (Phi) is 4.87. The first-order valence-electron chi connectivity index (χ1n) is 6.54. The Labute approximate surface area is 127 Å². The molecule has 0 radical (unpaired) electrons. The third-order valence-corrected chi connectivity index (χ3v) is 5.32. The third-order valence-electron chi connectivity index (χ3n) is 3.21. The molecule has 20 heavy (non-hydrogen) atoms.